The summed E-state index contributed by atoms with van der Waals surface area (Å²) < 4.78 is 0. The van der Waals surface area contributed by atoms with Crippen molar-refractivity contribution < 1.29 is 0 Å². The first kappa shape index (κ1) is 7.64. The first-order chi connectivity index (χ1) is 4.70. The lowest BCUT2D eigenvalue weighted by Gasteiger charge is -2.25. The molecule has 1 heteroatoms. The highest BCUT2D eigenvalue weighted by atomic mass is 14.9. The van der Waals surface area contributed by atoms with E-state index >= 15 is 0 Å². The van der Waals surface area contributed by atoms with Crippen LogP contribution in [0.4, 0.5) is 0 Å². The average Bonchev–Trinajstić information content (AvgIpc) is 1.88. The van der Waals surface area contributed by atoms with Crippen LogP contribution >= 0.6 is 0 Å². The predicted octanol–water partition coefficient (Wildman–Crippen LogP) is 2.15. The first-order valence-corrected chi connectivity index (χ1v) is 4.13. The summed E-state index contributed by atoms with van der Waals surface area (Å²) in [5.74, 6) is 1.58. The number of hydrogen-bond acceptors (Lipinski definition) is 1. The van der Waals surface area contributed by atoms with E-state index in [1.54, 1.807) is 0 Å². The Balaban J connectivity index is 2.47. The van der Waals surface area contributed by atoms with Crippen molar-refractivity contribution in [3.05, 3.63) is 12.3 Å². The highest BCUT2D eigenvalue weighted by Crippen LogP contribution is 2.20. The van der Waals surface area contributed by atoms with Crippen molar-refractivity contribution in [1.82, 2.24) is 5.32 Å². The molecule has 1 aliphatic heterocycles. The molecule has 0 radical (unpaired) electrons. The summed E-state index contributed by atoms with van der Waals surface area (Å²) in [6.45, 7) is 6.80. The van der Waals surface area contributed by atoms with Crippen LogP contribution in [-0.4, -0.2) is 6.04 Å². The lowest BCUT2D eigenvalue weighted by molar-refractivity contribution is 0.372. The van der Waals surface area contributed by atoms with Crippen LogP contribution in [0.1, 0.15) is 27.2 Å². The van der Waals surface area contributed by atoms with E-state index in [2.05, 4.69) is 38.4 Å². The van der Waals surface area contributed by atoms with E-state index in [4.69, 9.17) is 0 Å². The third-order valence-electron chi connectivity index (χ3n) is 2.21. The molecule has 10 heavy (non-hydrogen) atoms. The minimum Gasteiger partial charge on any atom is -0.389 e. The fraction of sp³-hybridized carbons (Fsp3) is 0.778. The Labute approximate surface area is 63.5 Å². The third kappa shape index (κ3) is 1.76. The lowest BCUT2D eigenvalue weighted by atomic mass is 9.88. The standard InChI is InChI=1S/C9H17N/c1-7(2)9-4-5-10-8(3)6-9/h4-5,7-10H,6H2,1-3H3. The molecule has 0 fully saturated rings. The molecule has 1 rings (SSSR count). The zero-order chi connectivity index (χ0) is 7.56. The van der Waals surface area contributed by atoms with Crippen molar-refractivity contribution in [3.8, 4) is 0 Å². The second-order valence-corrected chi connectivity index (χ2v) is 3.57. The molecule has 0 aliphatic carbocycles. The van der Waals surface area contributed by atoms with E-state index in [1.165, 1.54) is 6.42 Å². The van der Waals surface area contributed by atoms with Gasteiger partial charge in [-0.3, -0.25) is 0 Å². The predicted molar refractivity (Wildman–Crippen MR) is 44.7 cm³/mol. The van der Waals surface area contributed by atoms with Gasteiger partial charge in [0, 0.05) is 6.04 Å². The van der Waals surface area contributed by atoms with Gasteiger partial charge in [-0.1, -0.05) is 19.9 Å². The Morgan fingerprint density at radius 2 is 2.20 bits per heavy atom. The number of rotatable bonds is 1. The molecule has 0 saturated heterocycles. The molecule has 1 heterocycles. The van der Waals surface area contributed by atoms with Crippen LogP contribution in [0.3, 0.4) is 0 Å². The van der Waals surface area contributed by atoms with E-state index in [9.17, 15) is 0 Å². The number of hydrogen-bond donors (Lipinski definition) is 1. The minimum absolute atomic E-state index is 0.664. The van der Waals surface area contributed by atoms with Crippen molar-refractivity contribution >= 4 is 0 Å². The monoisotopic (exact) mass is 139 g/mol. The normalized spacial score (nSPS) is 32.4. The second-order valence-electron chi connectivity index (χ2n) is 3.57. The van der Waals surface area contributed by atoms with E-state index in [0.29, 0.717) is 6.04 Å². The molecule has 0 spiro atoms. The Kier molecular flexibility index (Phi) is 2.36. The SMILES string of the molecule is CC1CC(C(C)C)C=CN1. The van der Waals surface area contributed by atoms with Crippen molar-refractivity contribution in [1.29, 1.82) is 0 Å². The van der Waals surface area contributed by atoms with Gasteiger partial charge < -0.3 is 5.32 Å². The molecule has 0 aromatic carbocycles. The van der Waals surface area contributed by atoms with Crippen LogP contribution in [0.5, 0.6) is 0 Å². The van der Waals surface area contributed by atoms with Gasteiger partial charge in [0.25, 0.3) is 0 Å². The van der Waals surface area contributed by atoms with Gasteiger partial charge in [0.1, 0.15) is 0 Å². The van der Waals surface area contributed by atoms with Crippen LogP contribution in [0.2, 0.25) is 0 Å². The topological polar surface area (TPSA) is 12.0 Å². The average molecular weight is 139 g/mol. The highest BCUT2D eigenvalue weighted by molar-refractivity contribution is 4.95. The molecule has 1 aliphatic rings. The summed E-state index contributed by atoms with van der Waals surface area (Å²) in [7, 11) is 0. The van der Waals surface area contributed by atoms with E-state index < -0.39 is 0 Å². The summed E-state index contributed by atoms with van der Waals surface area (Å²) in [4.78, 5) is 0. The zero-order valence-electron chi connectivity index (χ0n) is 7.09. The van der Waals surface area contributed by atoms with Gasteiger partial charge in [0.2, 0.25) is 0 Å². The number of nitrogens with one attached hydrogen (secondary N) is 1. The third-order valence-corrected chi connectivity index (χ3v) is 2.21. The molecule has 0 amide bonds. The zero-order valence-corrected chi connectivity index (χ0v) is 7.09. The van der Waals surface area contributed by atoms with Crippen molar-refractivity contribution in [2.24, 2.45) is 11.8 Å². The first-order valence-electron chi connectivity index (χ1n) is 4.13. The van der Waals surface area contributed by atoms with E-state index in [-0.39, 0.29) is 0 Å². The molecule has 0 bridgehead atoms. The molecule has 0 saturated carbocycles. The van der Waals surface area contributed by atoms with Gasteiger partial charge in [-0.15, -0.1) is 0 Å². The summed E-state index contributed by atoms with van der Waals surface area (Å²) >= 11 is 0. The summed E-state index contributed by atoms with van der Waals surface area (Å²) in [5, 5.41) is 3.29. The Bertz CT molecular complexity index is 127. The van der Waals surface area contributed by atoms with Gasteiger partial charge in [0.15, 0.2) is 0 Å². The summed E-state index contributed by atoms with van der Waals surface area (Å²) in [5.41, 5.74) is 0. The van der Waals surface area contributed by atoms with E-state index in [0.717, 1.165) is 11.8 Å². The molecule has 1 nitrogen and oxygen atoms in total. The maximum Gasteiger partial charge on any atom is 0.0233 e. The number of allylic oxidation sites excluding steroid dienone is 1. The summed E-state index contributed by atoms with van der Waals surface area (Å²) in [6.07, 6.45) is 5.66. The van der Waals surface area contributed by atoms with Gasteiger partial charge in [-0.2, -0.15) is 0 Å². The lowest BCUT2D eigenvalue weighted by Crippen LogP contribution is -2.29. The van der Waals surface area contributed by atoms with Crippen LogP contribution in [0.15, 0.2) is 12.3 Å². The Morgan fingerprint density at radius 3 is 2.60 bits per heavy atom. The van der Waals surface area contributed by atoms with Crippen LogP contribution < -0.4 is 5.32 Å². The van der Waals surface area contributed by atoms with E-state index in [1.807, 2.05) is 0 Å². The highest BCUT2D eigenvalue weighted by Gasteiger charge is 2.15. The molecule has 58 valence electrons. The minimum atomic E-state index is 0.664. The van der Waals surface area contributed by atoms with Crippen molar-refractivity contribution in [3.63, 3.8) is 0 Å². The summed E-state index contributed by atoms with van der Waals surface area (Å²) in [6, 6.07) is 0.664. The molecule has 2 atom stereocenters. The van der Waals surface area contributed by atoms with Gasteiger partial charge in [-0.25, -0.2) is 0 Å². The fourth-order valence-corrected chi connectivity index (χ4v) is 1.39. The van der Waals surface area contributed by atoms with Crippen molar-refractivity contribution in [2.75, 3.05) is 0 Å². The Hall–Kier alpha value is -0.460. The molecular weight excluding hydrogens is 122 g/mol. The molecular formula is C9H17N. The van der Waals surface area contributed by atoms with Crippen LogP contribution in [-0.2, 0) is 0 Å². The molecule has 0 aromatic rings. The quantitative estimate of drug-likeness (QED) is 0.587. The maximum atomic E-state index is 3.29. The largest absolute Gasteiger partial charge is 0.389 e. The fourth-order valence-electron chi connectivity index (χ4n) is 1.39. The van der Waals surface area contributed by atoms with Crippen molar-refractivity contribution in [2.45, 2.75) is 33.2 Å². The molecule has 1 N–H and O–H groups in total. The smallest absolute Gasteiger partial charge is 0.0233 e. The van der Waals surface area contributed by atoms with Gasteiger partial charge in [-0.05, 0) is 31.4 Å². The van der Waals surface area contributed by atoms with Gasteiger partial charge >= 0.3 is 0 Å². The van der Waals surface area contributed by atoms with Crippen LogP contribution in [0, 0.1) is 11.8 Å². The van der Waals surface area contributed by atoms with Gasteiger partial charge in [0.05, 0.1) is 0 Å². The second kappa shape index (κ2) is 3.09. The molecule has 0 aromatic heterocycles. The van der Waals surface area contributed by atoms with Crippen LogP contribution in [0.25, 0.3) is 0 Å². The Morgan fingerprint density at radius 1 is 1.50 bits per heavy atom. The molecule has 2 unspecified atom stereocenters. The maximum absolute atomic E-state index is 3.29.